The first-order valence-electron chi connectivity index (χ1n) is 6.68. The molecular formula is C17H15FO3. The molecule has 0 heterocycles. The van der Waals surface area contributed by atoms with Gasteiger partial charge in [0.15, 0.2) is 17.3 Å². The number of benzene rings is 2. The fraction of sp³-hybridized carbons (Fsp3) is 0.235. The first kappa shape index (κ1) is 13.6. The summed E-state index contributed by atoms with van der Waals surface area (Å²) >= 11 is 0. The van der Waals surface area contributed by atoms with Crippen LogP contribution in [0.4, 0.5) is 4.39 Å². The number of rotatable bonds is 3. The van der Waals surface area contributed by atoms with Crippen LogP contribution in [0.3, 0.4) is 0 Å². The zero-order valence-electron chi connectivity index (χ0n) is 11.9. The summed E-state index contributed by atoms with van der Waals surface area (Å²) in [4.78, 5) is 12.2. The minimum atomic E-state index is -0.282. The second kappa shape index (κ2) is 5.20. The Morgan fingerprint density at radius 3 is 2.29 bits per heavy atom. The smallest absolute Gasteiger partial charge is 0.164 e. The van der Waals surface area contributed by atoms with Crippen LogP contribution in [-0.4, -0.2) is 20.0 Å². The molecule has 108 valence electrons. The molecule has 1 unspecified atom stereocenters. The van der Waals surface area contributed by atoms with Gasteiger partial charge < -0.3 is 9.47 Å². The van der Waals surface area contributed by atoms with Crippen LogP contribution in [0.15, 0.2) is 36.4 Å². The fourth-order valence-electron chi connectivity index (χ4n) is 2.82. The lowest BCUT2D eigenvalue weighted by Crippen LogP contribution is -1.98. The zero-order chi connectivity index (χ0) is 15.0. The third-order valence-electron chi connectivity index (χ3n) is 3.89. The van der Waals surface area contributed by atoms with Gasteiger partial charge in [-0.1, -0.05) is 12.1 Å². The van der Waals surface area contributed by atoms with Crippen molar-refractivity contribution < 1.29 is 18.7 Å². The van der Waals surface area contributed by atoms with E-state index in [1.807, 2.05) is 6.07 Å². The quantitative estimate of drug-likeness (QED) is 0.865. The molecule has 0 aromatic heterocycles. The summed E-state index contributed by atoms with van der Waals surface area (Å²) < 4.78 is 23.6. The average molecular weight is 286 g/mol. The number of methoxy groups -OCH3 is 2. The Bertz CT molecular complexity index is 692. The highest BCUT2D eigenvalue weighted by atomic mass is 19.1. The van der Waals surface area contributed by atoms with Gasteiger partial charge in [0.1, 0.15) is 5.82 Å². The molecule has 2 aromatic carbocycles. The van der Waals surface area contributed by atoms with Crippen LogP contribution in [0.1, 0.15) is 33.8 Å². The molecule has 0 radical (unpaired) electrons. The van der Waals surface area contributed by atoms with E-state index in [1.165, 1.54) is 12.1 Å². The number of ketones is 1. The van der Waals surface area contributed by atoms with E-state index < -0.39 is 0 Å². The van der Waals surface area contributed by atoms with Gasteiger partial charge in [0.05, 0.1) is 14.2 Å². The Balaban J connectivity index is 2.10. The molecule has 0 fully saturated rings. The van der Waals surface area contributed by atoms with Crippen LogP contribution in [-0.2, 0) is 0 Å². The van der Waals surface area contributed by atoms with Crippen molar-refractivity contribution >= 4 is 5.78 Å². The second-order valence-corrected chi connectivity index (χ2v) is 5.03. The van der Waals surface area contributed by atoms with Gasteiger partial charge in [0.25, 0.3) is 0 Å². The topological polar surface area (TPSA) is 35.5 Å². The molecule has 0 amide bonds. The van der Waals surface area contributed by atoms with Gasteiger partial charge in [-0.2, -0.15) is 0 Å². The highest BCUT2D eigenvalue weighted by molar-refractivity contribution is 6.02. The molecule has 0 saturated heterocycles. The zero-order valence-corrected chi connectivity index (χ0v) is 11.9. The molecule has 3 rings (SSSR count). The van der Waals surface area contributed by atoms with Gasteiger partial charge in [-0.05, 0) is 35.4 Å². The molecular weight excluding hydrogens is 271 g/mol. The molecule has 21 heavy (non-hydrogen) atoms. The maximum Gasteiger partial charge on any atom is 0.164 e. The van der Waals surface area contributed by atoms with Crippen molar-refractivity contribution in [2.24, 2.45) is 0 Å². The van der Waals surface area contributed by atoms with Gasteiger partial charge >= 0.3 is 0 Å². The lowest BCUT2D eigenvalue weighted by Gasteiger charge is -2.14. The normalized spacial score (nSPS) is 16.7. The van der Waals surface area contributed by atoms with Crippen LogP contribution >= 0.6 is 0 Å². The third-order valence-corrected chi connectivity index (χ3v) is 3.89. The maximum atomic E-state index is 13.1. The lowest BCUT2D eigenvalue weighted by atomic mass is 9.93. The molecule has 4 heteroatoms. The number of Topliss-reactive ketones (excluding diaryl/α,β-unsaturated/α-hetero) is 1. The molecule has 2 aromatic rings. The second-order valence-electron chi connectivity index (χ2n) is 5.03. The van der Waals surface area contributed by atoms with E-state index in [1.54, 1.807) is 32.4 Å². The summed E-state index contributed by atoms with van der Waals surface area (Å²) in [7, 11) is 3.11. The Kier molecular flexibility index (Phi) is 3.37. The SMILES string of the molecule is COc1cc2c(cc1OC)C(c1ccc(F)cc1)CC2=O. The van der Waals surface area contributed by atoms with Crippen molar-refractivity contribution in [1.29, 1.82) is 0 Å². The molecule has 0 bridgehead atoms. The van der Waals surface area contributed by atoms with Crippen LogP contribution < -0.4 is 9.47 Å². The molecule has 1 aliphatic rings. The summed E-state index contributed by atoms with van der Waals surface area (Å²) in [5.41, 5.74) is 2.49. The van der Waals surface area contributed by atoms with E-state index >= 15 is 0 Å². The van der Waals surface area contributed by atoms with Crippen molar-refractivity contribution in [3.63, 3.8) is 0 Å². The number of carbonyl (C=O) groups is 1. The number of carbonyl (C=O) groups excluding carboxylic acids is 1. The van der Waals surface area contributed by atoms with Crippen molar-refractivity contribution in [2.45, 2.75) is 12.3 Å². The summed E-state index contributed by atoms with van der Waals surface area (Å²) in [6.07, 6.45) is 0.386. The highest BCUT2D eigenvalue weighted by Gasteiger charge is 2.32. The fourth-order valence-corrected chi connectivity index (χ4v) is 2.82. The van der Waals surface area contributed by atoms with Crippen molar-refractivity contribution in [3.8, 4) is 11.5 Å². The Morgan fingerprint density at radius 2 is 1.67 bits per heavy atom. The largest absolute Gasteiger partial charge is 0.493 e. The third kappa shape index (κ3) is 2.27. The predicted molar refractivity (Wildman–Crippen MR) is 76.7 cm³/mol. The first-order chi connectivity index (χ1) is 10.1. The summed E-state index contributed by atoms with van der Waals surface area (Å²) in [5.74, 6) is 0.867. The van der Waals surface area contributed by atoms with Gasteiger partial charge in [-0.25, -0.2) is 4.39 Å². The van der Waals surface area contributed by atoms with Gasteiger partial charge in [0.2, 0.25) is 0 Å². The Morgan fingerprint density at radius 1 is 1.05 bits per heavy atom. The van der Waals surface area contributed by atoms with E-state index in [0.717, 1.165) is 11.1 Å². The predicted octanol–water partition coefficient (Wildman–Crippen LogP) is 3.56. The number of hydrogen-bond donors (Lipinski definition) is 0. The molecule has 0 aliphatic heterocycles. The average Bonchev–Trinajstić information content (AvgIpc) is 2.83. The molecule has 0 spiro atoms. The number of halogens is 1. The van der Waals surface area contributed by atoms with Crippen LogP contribution in [0.2, 0.25) is 0 Å². The van der Waals surface area contributed by atoms with Crippen LogP contribution in [0, 0.1) is 5.82 Å². The van der Waals surface area contributed by atoms with Crippen molar-refractivity contribution in [1.82, 2.24) is 0 Å². The van der Waals surface area contributed by atoms with E-state index in [-0.39, 0.29) is 17.5 Å². The molecule has 0 N–H and O–H groups in total. The summed E-state index contributed by atoms with van der Waals surface area (Å²) in [6, 6.07) is 9.84. The number of fused-ring (bicyclic) bond motifs is 1. The first-order valence-corrected chi connectivity index (χ1v) is 6.68. The van der Waals surface area contributed by atoms with Crippen molar-refractivity contribution in [3.05, 3.63) is 58.9 Å². The molecule has 1 aliphatic carbocycles. The van der Waals surface area contributed by atoms with Gasteiger partial charge in [0, 0.05) is 17.9 Å². The standard InChI is InChI=1S/C17H15FO3/c1-20-16-8-13-12(10-3-5-11(18)6-4-10)7-15(19)14(13)9-17(16)21-2/h3-6,8-9,12H,7H2,1-2H3. The molecule has 3 nitrogen and oxygen atoms in total. The highest BCUT2D eigenvalue weighted by Crippen LogP contribution is 2.43. The van der Waals surface area contributed by atoms with E-state index in [9.17, 15) is 9.18 Å². The minimum absolute atomic E-state index is 0.0621. The molecule has 0 saturated carbocycles. The number of hydrogen-bond acceptors (Lipinski definition) is 3. The summed E-state index contributed by atoms with van der Waals surface area (Å²) in [6.45, 7) is 0. The number of ether oxygens (including phenoxy) is 2. The minimum Gasteiger partial charge on any atom is -0.493 e. The Labute approximate surface area is 122 Å². The van der Waals surface area contributed by atoms with Gasteiger partial charge in [-0.3, -0.25) is 4.79 Å². The Hall–Kier alpha value is -2.36. The summed E-state index contributed by atoms with van der Waals surface area (Å²) in [5, 5.41) is 0. The molecule has 1 atom stereocenters. The van der Waals surface area contributed by atoms with E-state index in [4.69, 9.17) is 9.47 Å². The van der Waals surface area contributed by atoms with Gasteiger partial charge in [-0.15, -0.1) is 0 Å². The van der Waals surface area contributed by atoms with E-state index in [2.05, 4.69) is 0 Å². The monoisotopic (exact) mass is 286 g/mol. The van der Waals surface area contributed by atoms with Crippen LogP contribution in [0.5, 0.6) is 11.5 Å². The lowest BCUT2D eigenvalue weighted by molar-refractivity contribution is 0.0991. The van der Waals surface area contributed by atoms with E-state index in [0.29, 0.717) is 23.5 Å². The maximum absolute atomic E-state index is 13.1. The van der Waals surface area contributed by atoms with Crippen molar-refractivity contribution in [2.75, 3.05) is 14.2 Å². The van der Waals surface area contributed by atoms with Crippen LogP contribution in [0.25, 0.3) is 0 Å².